The Bertz CT molecular complexity index is 901. The molecule has 2 amide bonds. The third-order valence-corrected chi connectivity index (χ3v) is 5.21. The van der Waals surface area contributed by atoms with Crippen LogP contribution in [0.4, 0.5) is 11.4 Å². The Hall–Kier alpha value is -2.32. The number of fused-ring (bicyclic) bond motifs is 1. The monoisotopic (exact) mass is 434 g/mol. The van der Waals surface area contributed by atoms with E-state index in [1.165, 1.54) is 11.8 Å². The summed E-state index contributed by atoms with van der Waals surface area (Å²) in [6.45, 7) is 1.47. The summed E-state index contributed by atoms with van der Waals surface area (Å²) in [7, 11) is 0. The number of thioether (sulfide) groups is 1. The summed E-state index contributed by atoms with van der Waals surface area (Å²) in [6.07, 6.45) is 0. The molecule has 26 heavy (non-hydrogen) atoms. The first kappa shape index (κ1) is 18.5. The Morgan fingerprint density at radius 2 is 2.08 bits per heavy atom. The van der Waals surface area contributed by atoms with E-state index in [9.17, 15) is 14.4 Å². The molecule has 0 saturated heterocycles. The van der Waals surface area contributed by atoms with Crippen molar-refractivity contribution in [2.24, 2.45) is 0 Å². The van der Waals surface area contributed by atoms with E-state index in [2.05, 4.69) is 26.6 Å². The first-order valence-corrected chi connectivity index (χ1v) is 9.50. The van der Waals surface area contributed by atoms with Crippen molar-refractivity contribution in [2.45, 2.75) is 11.8 Å². The van der Waals surface area contributed by atoms with E-state index in [1.807, 2.05) is 19.1 Å². The minimum absolute atomic E-state index is 0.114. The highest BCUT2D eigenvalue weighted by Gasteiger charge is 2.18. The molecular weight excluding hydrogens is 420 g/mol. The number of aryl methyl sites for hydroxylation is 1. The second-order valence-corrected chi connectivity index (χ2v) is 7.56. The average molecular weight is 435 g/mol. The molecule has 6 nitrogen and oxygen atoms in total. The summed E-state index contributed by atoms with van der Waals surface area (Å²) in [4.78, 5) is 36.5. The van der Waals surface area contributed by atoms with E-state index in [0.717, 1.165) is 14.9 Å². The number of carbonyl (C=O) groups is 3. The number of halogens is 1. The van der Waals surface area contributed by atoms with Gasteiger partial charge in [0.1, 0.15) is 0 Å². The lowest BCUT2D eigenvalue weighted by atomic mass is 10.2. The van der Waals surface area contributed by atoms with Crippen LogP contribution in [0.2, 0.25) is 0 Å². The van der Waals surface area contributed by atoms with Crippen LogP contribution in [0.5, 0.6) is 0 Å². The van der Waals surface area contributed by atoms with E-state index >= 15 is 0 Å². The molecule has 0 saturated carbocycles. The van der Waals surface area contributed by atoms with Crippen molar-refractivity contribution in [3.05, 3.63) is 52.0 Å². The normalized spacial score (nSPS) is 12.8. The Morgan fingerprint density at radius 3 is 2.85 bits per heavy atom. The number of amides is 2. The Morgan fingerprint density at radius 1 is 1.27 bits per heavy atom. The summed E-state index contributed by atoms with van der Waals surface area (Å²) < 4.78 is 5.98. The highest BCUT2D eigenvalue weighted by Crippen LogP contribution is 2.32. The van der Waals surface area contributed by atoms with Crippen molar-refractivity contribution in [2.75, 3.05) is 23.0 Å². The third-order valence-electron chi connectivity index (χ3n) is 3.65. The summed E-state index contributed by atoms with van der Waals surface area (Å²) in [6, 6.07) is 10.4. The van der Waals surface area contributed by atoms with Gasteiger partial charge in [-0.1, -0.05) is 15.9 Å². The second-order valence-electron chi connectivity index (χ2n) is 5.63. The SMILES string of the molecule is Cc1cc(Br)ccc1NC(=O)COC(=O)c1ccc2c(c1)NC(=O)CS2. The predicted molar refractivity (Wildman–Crippen MR) is 104 cm³/mol. The lowest BCUT2D eigenvalue weighted by Crippen LogP contribution is -2.22. The van der Waals surface area contributed by atoms with Gasteiger partial charge in [-0.25, -0.2) is 4.79 Å². The zero-order valence-corrected chi connectivity index (χ0v) is 16.2. The van der Waals surface area contributed by atoms with Crippen molar-refractivity contribution in [3.63, 3.8) is 0 Å². The molecule has 2 aromatic rings. The van der Waals surface area contributed by atoms with Gasteiger partial charge in [0.15, 0.2) is 6.61 Å². The molecule has 1 aliphatic heterocycles. The highest BCUT2D eigenvalue weighted by molar-refractivity contribution is 9.10. The fourth-order valence-electron chi connectivity index (χ4n) is 2.38. The van der Waals surface area contributed by atoms with Crippen molar-refractivity contribution < 1.29 is 19.1 Å². The summed E-state index contributed by atoms with van der Waals surface area (Å²) in [5, 5.41) is 5.42. The van der Waals surface area contributed by atoms with Crippen LogP contribution in [-0.4, -0.2) is 30.1 Å². The van der Waals surface area contributed by atoms with Gasteiger partial charge in [-0.2, -0.15) is 0 Å². The molecule has 134 valence electrons. The molecule has 0 radical (unpaired) electrons. The van der Waals surface area contributed by atoms with Gasteiger partial charge in [0.25, 0.3) is 5.91 Å². The largest absolute Gasteiger partial charge is 0.452 e. The lowest BCUT2D eigenvalue weighted by Gasteiger charge is -2.16. The first-order chi connectivity index (χ1) is 12.4. The molecule has 2 N–H and O–H groups in total. The van der Waals surface area contributed by atoms with Crippen molar-refractivity contribution in [3.8, 4) is 0 Å². The van der Waals surface area contributed by atoms with E-state index < -0.39 is 18.5 Å². The Labute approximate surface area is 162 Å². The number of nitrogens with one attached hydrogen (secondary N) is 2. The molecule has 0 fully saturated rings. The van der Waals surface area contributed by atoms with E-state index in [0.29, 0.717) is 17.1 Å². The standard InChI is InChI=1S/C18H15BrN2O4S/c1-10-6-12(19)3-4-13(10)20-16(22)8-25-18(24)11-2-5-15-14(7-11)21-17(23)9-26-15/h2-7H,8-9H2,1H3,(H,20,22)(H,21,23). The van der Waals surface area contributed by atoms with Crippen LogP contribution < -0.4 is 10.6 Å². The third kappa shape index (κ3) is 4.44. The smallest absolute Gasteiger partial charge is 0.338 e. The predicted octanol–water partition coefficient (Wildman–Crippen LogP) is 3.60. The molecule has 2 aromatic carbocycles. The van der Waals surface area contributed by atoms with Crippen LogP contribution >= 0.6 is 27.7 Å². The number of hydrogen-bond acceptors (Lipinski definition) is 5. The average Bonchev–Trinajstić information content (AvgIpc) is 2.61. The fraction of sp³-hybridized carbons (Fsp3) is 0.167. The second kappa shape index (κ2) is 7.92. The van der Waals surface area contributed by atoms with Crippen LogP contribution in [0.1, 0.15) is 15.9 Å². The Balaban J connectivity index is 1.59. The maximum atomic E-state index is 12.2. The van der Waals surface area contributed by atoms with Crippen LogP contribution in [0.3, 0.4) is 0 Å². The molecule has 0 spiro atoms. The molecule has 1 heterocycles. The van der Waals surface area contributed by atoms with E-state index in [4.69, 9.17) is 4.74 Å². The molecule has 1 aliphatic rings. The minimum atomic E-state index is -0.625. The number of rotatable bonds is 4. The minimum Gasteiger partial charge on any atom is -0.452 e. The van der Waals surface area contributed by atoms with Crippen molar-refractivity contribution in [1.82, 2.24) is 0 Å². The lowest BCUT2D eigenvalue weighted by molar-refractivity contribution is -0.119. The van der Waals surface area contributed by atoms with Gasteiger partial charge in [-0.15, -0.1) is 11.8 Å². The van der Waals surface area contributed by atoms with E-state index in [1.54, 1.807) is 24.3 Å². The first-order valence-electron chi connectivity index (χ1n) is 7.72. The maximum absolute atomic E-state index is 12.2. The van der Waals surface area contributed by atoms with Crippen LogP contribution in [-0.2, 0) is 14.3 Å². The van der Waals surface area contributed by atoms with Crippen LogP contribution in [0.25, 0.3) is 0 Å². The zero-order valence-electron chi connectivity index (χ0n) is 13.8. The summed E-state index contributed by atoms with van der Waals surface area (Å²) in [5.41, 5.74) is 2.40. The zero-order chi connectivity index (χ0) is 18.7. The van der Waals surface area contributed by atoms with Gasteiger partial charge in [0, 0.05) is 15.1 Å². The van der Waals surface area contributed by atoms with Gasteiger partial charge in [0.2, 0.25) is 5.91 Å². The van der Waals surface area contributed by atoms with E-state index in [-0.39, 0.29) is 11.5 Å². The molecule has 0 atom stereocenters. The van der Waals surface area contributed by atoms with Crippen LogP contribution in [0, 0.1) is 6.92 Å². The topological polar surface area (TPSA) is 84.5 Å². The highest BCUT2D eigenvalue weighted by atomic mass is 79.9. The molecule has 0 aromatic heterocycles. The number of anilines is 2. The molecule has 0 bridgehead atoms. The molecule has 3 rings (SSSR count). The summed E-state index contributed by atoms with van der Waals surface area (Å²) >= 11 is 4.77. The van der Waals surface area contributed by atoms with Gasteiger partial charge >= 0.3 is 5.97 Å². The number of ether oxygens (including phenoxy) is 1. The number of carbonyl (C=O) groups excluding carboxylic acids is 3. The number of hydrogen-bond donors (Lipinski definition) is 2. The van der Waals surface area contributed by atoms with Crippen molar-refractivity contribution in [1.29, 1.82) is 0 Å². The van der Waals surface area contributed by atoms with Gasteiger partial charge in [-0.3, -0.25) is 9.59 Å². The molecule has 8 heteroatoms. The molecule has 0 aliphatic carbocycles. The van der Waals surface area contributed by atoms with Gasteiger partial charge in [-0.05, 0) is 48.9 Å². The van der Waals surface area contributed by atoms with Gasteiger partial charge < -0.3 is 15.4 Å². The quantitative estimate of drug-likeness (QED) is 0.718. The number of benzene rings is 2. The van der Waals surface area contributed by atoms with Crippen LogP contribution in [0.15, 0.2) is 45.8 Å². The Kier molecular flexibility index (Phi) is 5.63. The van der Waals surface area contributed by atoms with Crippen molar-refractivity contribution >= 4 is 56.9 Å². The maximum Gasteiger partial charge on any atom is 0.338 e. The number of esters is 1. The summed E-state index contributed by atoms with van der Waals surface area (Å²) in [5.74, 6) is -0.810. The fourth-order valence-corrected chi connectivity index (χ4v) is 3.64. The molecular formula is C18H15BrN2O4S. The molecule has 0 unspecified atom stereocenters. The van der Waals surface area contributed by atoms with Gasteiger partial charge in [0.05, 0.1) is 17.0 Å².